The molecule has 0 heterocycles. The van der Waals surface area contributed by atoms with Gasteiger partial charge in [0.25, 0.3) is 0 Å². The lowest BCUT2D eigenvalue weighted by molar-refractivity contribution is 0.104. The molecule has 2 nitrogen and oxygen atoms in total. The molecular formula is C17H16O2S. The van der Waals surface area contributed by atoms with Gasteiger partial charge in [0.2, 0.25) is 0 Å². The predicted molar refractivity (Wildman–Crippen MR) is 84.6 cm³/mol. The summed E-state index contributed by atoms with van der Waals surface area (Å²) in [5.41, 5.74) is 1.64. The Morgan fingerprint density at radius 2 is 1.90 bits per heavy atom. The standard InChI is InChI=1S/C17H16O2S/c1-19-16-12-13(9-11-17(16)20-2)8-10-15(18)14-6-4-3-5-7-14/h3-12H,1-2H3/b10-8+. The van der Waals surface area contributed by atoms with E-state index in [-0.39, 0.29) is 5.78 Å². The van der Waals surface area contributed by atoms with Gasteiger partial charge in [0.15, 0.2) is 5.78 Å². The quantitative estimate of drug-likeness (QED) is 0.465. The van der Waals surface area contributed by atoms with Gasteiger partial charge in [-0.25, -0.2) is 0 Å². The molecule has 0 fully saturated rings. The molecule has 0 aromatic heterocycles. The lowest BCUT2D eigenvalue weighted by atomic mass is 10.1. The Balaban J connectivity index is 2.17. The fraction of sp³-hybridized carbons (Fsp3) is 0.118. The molecule has 102 valence electrons. The summed E-state index contributed by atoms with van der Waals surface area (Å²) in [5, 5.41) is 0. The molecule has 0 N–H and O–H groups in total. The predicted octanol–water partition coefficient (Wildman–Crippen LogP) is 4.31. The van der Waals surface area contributed by atoms with Crippen LogP contribution < -0.4 is 4.74 Å². The number of thioether (sulfide) groups is 1. The molecule has 2 rings (SSSR count). The van der Waals surface area contributed by atoms with Crippen molar-refractivity contribution in [1.82, 2.24) is 0 Å². The summed E-state index contributed by atoms with van der Waals surface area (Å²) in [6.45, 7) is 0. The van der Waals surface area contributed by atoms with Crippen molar-refractivity contribution in [3.05, 3.63) is 65.7 Å². The van der Waals surface area contributed by atoms with Crippen LogP contribution in [0.2, 0.25) is 0 Å². The van der Waals surface area contributed by atoms with Crippen molar-refractivity contribution in [2.75, 3.05) is 13.4 Å². The fourth-order valence-corrected chi connectivity index (χ4v) is 2.37. The lowest BCUT2D eigenvalue weighted by Crippen LogP contribution is -1.93. The molecule has 2 aromatic rings. The van der Waals surface area contributed by atoms with E-state index in [9.17, 15) is 4.79 Å². The van der Waals surface area contributed by atoms with E-state index in [1.807, 2.05) is 60.9 Å². The van der Waals surface area contributed by atoms with Gasteiger partial charge in [-0.3, -0.25) is 4.79 Å². The first-order valence-corrected chi connectivity index (χ1v) is 7.46. The topological polar surface area (TPSA) is 26.3 Å². The summed E-state index contributed by atoms with van der Waals surface area (Å²) in [5.74, 6) is 0.824. The van der Waals surface area contributed by atoms with Crippen LogP contribution >= 0.6 is 11.8 Å². The zero-order chi connectivity index (χ0) is 14.4. The number of carbonyl (C=O) groups excluding carboxylic acids is 1. The van der Waals surface area contributed by atoms with Crippen LogP contribution in [0.15, 0.2) is 59.5 Å². The number of carbonyl (C=O) groups is 1. The Hall–Kier alpha value is -2.00. The van der Waals surface area contributed by atoms with E-state index >= 15 is 0 Å². The second kappa shape index (κ2) is 6.96. The maximum atomic E-state index is 12.0. The van der Waals surface area contributed by atoms with Crippen LogP contribution in [0.3, 0.4) is 0 Å². The maximum Gasteiger partial charge on any atom is 0.185 e. The molecule has 0 amide bonds. The molecule has 0 bridgehead atoms. The first-order chi connectivity index (χ1) is 9.74. The Bertz CT molecular complexity index is 618. The van der Waals surface area contributed by atoms with Crippen molar-refractivity contribution in [3.63, 3.8) is 0 Å². The highest BCUT2D eigenvalue weighted by Gasteiger charge is 2.03. The van der Waals surface area contributed by atoms with Crippen molar-refractivity contribution < 1.29 is 9.53 Å². The van der Waals surface area contributed by atoms with Crippen molar-refractivity contribution >= 4 is 23.6 Å². The molecule has 0 aliphatic rings. The summed E-state index contributed by atoms with van der Waals surface area (Å²) < 4.78 is 5.33. The molecule has 0 aliphatic heterocycles. The second-order valence-corrected chi connectivity index (χ2v) is 5.03. The number of rotatable bonds is 5. The highest BCUT2D eigenvalue weighted by molar-refractivity contribution is 7.98. The molecule has 0 atom stereocenters. The van der Waals surface area contributed by atoms with Crippen LogP contribution in [-0.2, 0) is 0 Å². The van der Waals surface area contributed by atoms with E-state index in [4.69, 9.17) is 4.74 Å². The van der Waals surface area contributed by atoms with Crippen molar-refractivity contribution in [3.8, 4) is 5.75 Å². The first-order valence-electron chi connectivity index (χ1n) is 6.24. The molecule has 0 radical (unpaired) electrons. The summed E-state index contributed by atoms with van der Waals surface area (Å²) in [6, 6.07) is 15.1. The normalized spacial score (nSPS) is 10.7. The van der Waals surface area contributed by atoms with Crippen molar-refractivity contribution in [2.24, 2.45) is 0 Å². The third kappa shape index (κ3) is 3.52. The van der Waals surface area contributed by atoms with E-state index < -0.39 is 0 Å². The van der Waals surface area contributed by atoms with Crippen LogP contribution in [0.1, 0.15) is 15.9 Å². The van der Waals surface area contributed by atoms with Gasteiger partial charge < -0.3 is 4.74 Å². The zero-order valence-electron chi connectivity index (χ0n) is 11.5. The van der Waals surface area contributed by atoms with E-state index in [1.165, 1.54) is 0 Å². The van der Waals surface area contributed by atoms with Crippen molar-refractivity contribution in [1.29, 1.82) is 0 Å². The smallest absolute Gasteiger partial charge is 0.185 e. The van der Waals surface area contributed by atoms with Crippen LogP contribution in [0, 0.1) is 0 Å². The Morgan fingerprint density at radius 3 is 2.55 bits per heavy atom. The summed E-state index contributed by atoms with van der Waals surface area (Å²) >= 11 is 1.63. The third-order valence-electron chi connectivity index (χ3n) is 2.89. The fourth-order valence-electron chi connectivity index (χ4n) is 1.83. The minimum absolute atomic E-state index is 0.00138. The maximum absolute atomic E-state index is 12.0. The molecule has 20 heavy (non-hydrogen) atoms. The third-order valence-corrected chi connectivity index (χ3v) is 3.67. The molecule has 2 aromatic carbocycles. The van der Waals surface area contributed by atoms with Gasteiger partial charge in [-0.1, -0.05) is 42.5 Å². The van der Waals surface area contributed by atoms with Gasteiger partial charge in [-0.05, 0) is 30.0 Å². The van der Waals surface area contributed by atoms with Crippen LogP contribution in [0.4, 0.5) is 0 Å². The average Bonchev–Trinajstić information content (AvgIpc) is 2.53. The highest BCUT2D eigenvalue weighted by atomic mass is 32.2. The van der Waals surface area contributed by atoms with E-state index in [2.05, 4.69) is 0 Å². The van der Waals surface area contributed by atoms with Crippen molar-refractivity contribution in [2.45, 2.75) is 4.90 Å². The summed E-state index contributed by atoms with van der Waals surface area (Å²) in [6.07, 6.45) is 5.40. The number of ether oxygens (including phenoxy) is 1. The van der Waals surface area contributed by atoms with Gasteiger partial charge in [0.1, 0.15) is 5.75 Å². The first kappa shape index (κ1) is 14.4. The van der Waals surface area contributed by atoms with Crippen LogP contribution in [0.5, 0.6) is 5.75 Å². The molecule has 3 heteroatoms. The van der Waals surface area contributed by atoms with Gasteiger partial charge >= 0.3 is 0 Å². The molecule has 0 unspecified atom stereocenters. The number of methoxy groups -OCH3 is 1. The van der Waals surface area contributed by atoms with Crippen LogP contribution in [-0.4, -0.2) is 19.1 Å². The number of hydrogen-bond acceptors (Lipinski definition) is 3. The minimum atomic E-state index is -0.00138. The van der Waals surface area contributed by atoms with E-state index in [1.54, 1.807) is 24.9 Å². The molecule has 0 spiro atoms. The Morgan fingerprint density at radius 1 is 1.15 bits per heavy atom. The number of benzene rings is 2. The number of hydrogen-bond donors (Lipinski definition) is 0. The molecule has 0 saturated carbocycles. The molecular weight excluding hydrogens is 268 g/mol. The largest absolute Gasteiger partial charge is 0.496 e. The van der Waals surface area contributed by atoms with Gasteiger partial charge in [-0.2, -0.15) is 0 Å². The Labute approximate surface area is 123 Å². The average molecular weight is 284 g/mol. The molecule has 0 saturated heterocycles. The second-order valence-electron chi connectivity index (χ2n) is 4.18. The SMILES string of the molecule is COc1cc(/C=C/C(=O)c2ccccc2)ccc1SC. The summed E-state index contributed by atoms with van der Waals surface area (Å²) in [4.78, 5) is 13.1. The number of ketones is 1. The van der Waals surface area contributed by atoms with Gasteiger partial charge in [0, 0.05) is 10.5 Å². The van der Waals surface area contributed by atoms with Gasteiger partial charge in [0.05, 0.1) is 7.11 Å². The number of allylic oxidation sites excluding steroid dienone is 1. The lowest BCUT2D eigenvalue weighted by Gasteiger charge is -2.06. The van der Waals surface area contributed by atoms with E-state index in [0.717, 1.165) is 16.2 Å². The zero-order valence-corrected chi connectivity index (χ0v) is 12.3. The van der Waals surface area contributed by atoms with E-state index in [0.29, 0.717) is 5.56 Å². The van der Waals surface area contributed by atoms with Gasteiger partial charge in [-0.15, -0.1) is 11.8 Å². The minimum Gasteiger partial charge on any atom is -0.496 e. The Kier molecular flexibility index (Phi) is 5.02. The molecule has 0 aliphatic carbocycles. The monoisotopic (exact) mass is 284 g/mol. The highest BCUT2D eigenvalue weighted by Crippen LogP contribution is 2.28. The summed E-state index contributed by atoms with van der Waals surface area (Å²) in [7, 11) is 1.65. The van der Waals surface area contributed by atoms with Crippen LogP contribution in [0.25, 0.3) is 6.08 Å².